The first-order valence-corrected chi connectivity index (χ1v) is 8.99. The molecule has 0 heterocycles. The predicted octanol–water partition coefficient (Wildman–Crippen LogP) is 5.83. The Bertz CT molecular complexity index is 313. The summed E-state index contributed by atoms with van der Waals surface area (Å²) >= 11 is 0. The molecule has 0 radical (unpaired) electrons. The zero-order chi connectivity index (χ0) is 16.5. The van der Waals surface area contributed by atoms with Crippen molar-refractivity contribution in [3.8, 4) is 0 Å². The van der Waals surface area contributed by atoms with Gasteiger partial charge in [-0.3, -0.25) is 10.1 Å². The summed E-state index contributed by atoms with van der Waals surface area (Å²) in [5.74, 6) is 0. The van der Waals surface area contributed by atoms with Crippen LogP contribution in [0.15, 0.2) is 11.8 Å². The molecule has 4 nitrogen and oxygen atoms in total. The third-order valence-corrected chi connectivity index (χ3v) is 3.93. The average Bonchev–Trinajstić information content (AvgIpc) is 2.50. The van der Waals surface area contributed by atoms with Gasteiger partial charge in [-0.2, -0.15) is 0 Å². The molecule has 128 valence electrons. The van der Waals surface area contributed by atoms with Gasteiger partial charge in [0.25, 0.3) is 0 Å². The number of rotatable bonds is 16. The van der Waals surface area contributed by atoms with Crippen molar-refractivity contribution >= 4 is 6.29 Å². The Morgan fingerprint density at radius 2 is 1.41 bits per heavy atom. The summed E-state index contributed by atoms with van der Waals surface area (Å²) in [5, 5.41) is 11.0. The molecule has 0 aliphatic carbocycles. The standard InChI is InChI=1S/C18H33NO3/c1-2-3-4-9-12-15-18(19(21)22)16-13-10-7-5-6-8-11-14-17-20/h15,17H,2-14,16H2,1H3/b18-15-. The van der Waals surface area contributed by atoms with Gasteiger partial charge in [0.2, 0.25) is 5.70 Å². The molecule has 0 atom stereocenters. The van der Waals surface area contributed by atoms with Crippen molar-refractivity contribution in [2.75, 3.05) is 0 Å². The molecular formula is C18H33NO3. The molecular weight excluding hydrogens is 278 g/mol. The molecule has 0 rings (SSSR count). The average molecular weight is 311 g/mol. The van der Waals surface area contributed by atoms with E-state index in [0.29, 0.717) is 18.5 Å². The lowest BCUT2D eigenvalue weighted by Crippen LogP contribution is -1.99. The Balaban J connectivity index is 3.62. The van der Waals surface area contributed by atoms with Gasteiger partial charge in [-0.1, -0.05) is 58.3 Å². The van der Waals surface area contributed by atoms with Gasteiger partial charge >= 0.3 is 0 Å². The fraction of sp³-hybridized carbons (Fsp3) is 0.833. The molecule has 0 aliphatic heterocycles. The van der Waals surface area contributed by atoms with Gasteiger partial charge in [0.15, 0.2) is 0 Å². The number of unbranched alkanes of at least 4 members (excludes halogenated alkanes) is 11. The zero-order valence-electron chi connectivity index (χ0n) is 14.2. The van der Waals surface area contributed by atoms with Crippen LogP contribution in [0.5, 0.6) is 0 Å². The molecule has 0 unspecified atom stereocenters. The van der Waals surface area contributed by atoms with E-state index < -0.39 is 0 Å². The van der Waals surface area contributed by atoms with E-state index in [4.69, 9.17) is 0 Å². The van der Waals surface area contributed by atoms with Gasteiger partial charge in [-0.05, 0) is 31.8 Å². The van der Waals surface area contributed by atoms with E-state index in [9.17, 15) is 14.9 Å². The molecule has 22 heavy (non-hydrogen) atoms. The first-order valence-electron chi connectivity index (χ1n) is 8.99. The van der Waals surface area contributed by atoms with Gasteiger partial charge in [-0.25, -0.2) is 0 Å². The Labute approximate surface area is 135 Å². The largest absolute Gasteiger partial charge is 0.303 e. The van der Waals surface area contributed by atoms with Crippen LogP contribution in [-0.2, 0) is 4.79 Å². The lowest BCUT2D eigenvalue weighted by molar-refractivity contribution is -0.428. The summed E-state index contributed by atoms with van der Waals surface area (Å²) in [6, 6.07) is 0. The van der Waals surface area contributed by atoms with Gasteiger partial charge in [0.1, 0.15) is 6.29 Å². The first-order chi connectivity index (χ1) is 10.7. The summed E-state index contributed by atoms with van der Waals surface area (Å²) < 4.78 is 0. The number of nitrogens with zero attached hydrogens (tertiary/aromatic N) is 1. The van der Waals surface area contributed by atoms with Crippen LogP contribution >= 0.6 is 0 Å². The topological polar surface area (TPSA) is 60.2 Å². The second-order valence-corrected chi connectivity index (χ2v) is 5.98. The van der Waals surface area contributed by atoms with Crippen molar-refractivity contribution in [1.82, 2.24) is 0 Å². The summed E-state index contributed by atoms with van der Waals surface area (Å²) in [6.45, 7) is 2.17. The maximum atomic E-state index is 11.0. The van der Waals surface area contributed by atoms with E-state index in [2.05, 4.69) is 6.92 Å². The van der Waals surface area contributed by atoms with E-state index in [-0.39, 0.29) is 4.92 Å². The molecule has 0 fully saturated rings. The molecule has 0 saturated heterocycles. The lowest BCUT2D eigenvalue weighted by Gasteiger charge is -2.02. The Kier molecular flexibility index (Phi) is 15.3. The van der Waals surface area contributed by atoms with Crippen molar-refractivity contribution in [1.29, 1.82) is 0 Å². The third-order valence-electron chi connectivity index (χ3n) is 3.93. The fourth-order valence-corrected chi connectivity index (χ4v) is 2.53. The number of carbonyl (C=O) groups is 1. The number of allylic oxidation sites excluding steroid dienone is 2. The monoisotopic (exact) mass is 311 g/mol. The molecule has 0 aromatic carbocycles. The van der Waals surface area contributed by atoms with Crippen molar-refractivity contribution in [3.63, 3.8) is 0 Å². The summed E-state index contributed by atoms with van der Waals surface area (Å²) in [5.41, 5.74) is 0.405. The smallest absolute Gasteiger partial charge is 0.242 e. The van der Waals surface area contributed by atoms with Crippen LogP contribution in [0.1, 0.15) is 96.8 Å². The van der Waals surface area contributed by atoms with Gasteiger partial charge in [0, 0.05) is 12.8 Å². The molecule has 0 aromatic heterocycles. The second-order valence-electron chi connectivity index (χ2n) is 5.98. The highest BCUT2D eigenvalue weighted by Gasteiger charge is 2.09. The number of hydrogen-bond donors (Lipinski definition) is 0. The number of hydrogen-bond acceptors (Lipinski definition) is 3. The van der Waals surface area contributed by atoms with Crippen molar-refractivity contribution < 1.29 is 9.72 Å². The minimum absolute atomic E-state index is 0.209. The Morgan fingerprint density at radius 3 is 2.00 bits per heavy atom. The van der Waals surface area contributed by atoms with E-state index >= 15 is 0 Å². The predicted molar refractivity (Wildman–Crippen MR) is 91.5 cm³/mol. The molecule has 0 amide bonds. The number of aldehydes is 1. The molecule has 0 saturated carbocycles. The summed E-state index contributed by atoms with van der Waals surface area (Å²) in [4.78, 5) is 20.9. The number of nitro groups is 1. The van der Waals surface area contributed by atoms with Crippen LogP contribution in [0.3, 0.4) is 0 Å². The van der Waals surface area contributed by atoms with Crippen LogP contribution < -0.4 is 0 Å². The summed E-state index contributed by atoms with van der Waals surface area (Å²) in [7, 11) is 0. The van der Waals surface area contributed by atoms with Crippen LogP contribution in [-0.4, -0.2) is 11.2 Å². The Morgan fingerprint density at radius 1 is 0.864 bits per heavy atom. The van der Waals surface area contributed by atoms with E-state index in [1.54, 1.807) is 0 Å². The highest BCUT2D eigenvalue weighted by atomic mass is 16.6. The van der Waals surface area contributed by atoms with Gasteiger partial charge in [-0.15, -0.1) is 0 Å². The summed E-state index contributed by atoms with van der Waals surface area (Å²) in [6.07, 6.45) is 17.1. The lowest BCUT2D eigenvalue weighted by atomic mass is 10.1. The van der Waals surface area contributed by atoms with Crippen molar-refractivity contribution in [3.05, 3.63) is 21.9 Å². The van der Waals surface area contributed by atoms with E-state index in [0.717, 1.165) is 51.2 Å². The van der Waals surface area contributed by atoms with Crippen molar-refractivity contribution in [2.45, 2.75) is 96.8 Å². The first kappa shape index (κ1) is 20.8. The molecule has 0 aliphatic rings. The SMILES string of the molecule is CCCCCC/C=C(/CCCCCCCCCC=O)[N+](=O)[O-]. The highest BCUT2D eigenvalue weighted by Crippen LogP contribution is 2.15. The zero-order valence-corrected chi connectivity index (χ0v) is 14.2. The molecule has 0 aromatic rings. The van der Waals surface area contributed by atoms with Crippen molar-refractivity contribution in [2.24, 2.45) is 0 Å². The fourth-order valence-electron chi connectivity index (χ4n) is 2.53. The normalized spacial score (nSPS) is 11.6. The van der Waals surface area contributed by atoms with Crippen LogP contribution in [0.25, 0.3) is 0 Å². The maximum Gasteiger partial charge on any atom is 0.242 e. The third kappa shape index (κ3) is 13.8. The highest BCUT2D eigenvalue weighted by molar-refractivity contribution is 5.48. The van der Waals surface area contributed by atoms with Crippen LogP contribution in [0, 0.1) is 10.1 Å². The minimum Gasteiger partial charge on any atom is -0.303 e. The minimum atomic E-state index is -0.209. The van der Waals surface area contributed by atoms with E-state index in [1.807, 2.05) is 6.08 Å². The Hall–Kier alpha value is -1.19. The quantitative estimate of drug-likeness (QED) is 0.156. The molecule has 0 bridgehead atoms. The number of carbonyl (C=O) groups excluding carboxylic acids is 1. The molecule has 4 heteroatoms. The molecule has 0 spiro atoms. The van der Waals surface area contributed by atoms with Gasteiger partial charge < -0.3 is 4.79 Å². The molecule has 0 N–H and O–H groups in total. The van der Waals surface area contributed by atoms with Gasteiger partial charge in [0.05, 0.1) is 4.92 Å². The van der Waals surface area contributed by atoms with Crippen LogP contribution in [0.4, 0.5) is 0 Å². The second kappa shape index (κ2) is 16.2. The van der Waals surface area contributed by atoms with E-state index in [1.165, 1.54) is 32.1 Å². The van der Waals surface area contributed by atoms with Crippen LogP contribution in [0.2, 0.25) is 0 Å². The maximum absolute atomic E-state index is 11.0.